The molecule has 0 aliphatic carbocycles. The normalized spacial score (nSPS) is 17.9. The van der Waals surface area contributed by atoms with Gasteiger partial charge in [0.05, 0.1) is 19.0 Å². The number of nitrogens with one attached hydrogen (secondary N) is 1. The third-order valence-corrected chi connectivity index (χ3v) is 5.57. The topological polar surface area (TPSA) is 58.0 Å². The second-order valence-electron chi connectivity index (χ2n) is 7.55. The lowest BCUT2D eigenvalue weighted by molar-refractivity contribution is 0.125. The average molecular weight is 372 g/mol. The summed E-state index contributed by atoms with van der Waals surface area (Å²) in [4.78, 5) is 6.08. The van der Waals surface area contributed by atoms with Crippen LogP contribution in [0.3, 0.4) is 0 Å². The van der Waals surface area contributed by atoms with Crippen LogP contribution in [-0.2, 0) is 13.0 Å². The van der Waals surface area contributed by atoms with Gasteiger partial charge in [-0.15, -0.1) is 10.2 Å². The van der Waals surface area contributed by atoms with Crippen LogP contribution >= 0.6 is 0 Å². The first-order valence-electron chi connectivity index (χ1n) is 10.0. The Morgan fingerprint density at radius 2 is 1.79 bits per heavy atom. The van der Waals surface area contributed by atoms with E-state index >= 15 is 0 Å². The predicted molar refractivity (Wildman–Crippen MR) is 109 cm³/mol. The number of aromatic nitrogens is 3. The molecule has 28 heavy (non-hydrogen) atoms. The van der Waals surface area contributed by atoms with Crippen molar-refractivity contribution in [1.29, 1.82) is 0 Å². The molecule has 5 nitrogen and oxygen atoms in total. The summed E-state index contributed by atoms with van der Waals surface area (Å²) in [5.41, 5.74) is 3.67. The zero-order valence-electron chi connectivity index (χ0n) is 15.8. The van der Waals surface area contributed by atoms with Gasteiger partial charge in [-0.1, -0.05) is 55.0 Å². The molecule has 0 spiro atoms. The molecule has 1 atom stereocenters. The summed E-state index contributed by atoms with van der Waals surface area (Å²) >= 11 is 0. The van der Waals surface area contributed by atoms with Gasteiger partial charge in [0.15, 0.2) is 0 Å². The number of hydrogen-bond acceptors (Lipinski definition) is 4. The van der Waals surface area contributed by atoms with E-state index in [2.05, 4.69) is 62.5 Å². The second-order valence-corrected chi connectivity index (χ2v) is 7.55. The van der Waals surface area contributed by atoms with E-state index in [1.165, 1.54) is 35.0 Å². The van der Waals surface area contributed by atoms with E-state index in [9.17, 15) is 0 Å². The zero-order valence-corrected chi connectivity index (χ0v) is 15.8. The number of rotatable bonds is 5. The monoisotopic (exact) mass is 372 g/mol. The van der Waals surface area contributed by atoms with Crippen molar-refractivity contribution in [2.24, 2.45) is 0 Å². The van der Waals surface area contributed by atoms with Gasteiger partial charge in [0.2, 0.25) is 11.8 Å². The smallest absolute Gasteiger partial charge is 0.230 e. The summed E-state index contributed by atoms with van der Waals surface area (Å²) in [6.07, 6.45) is 4.29. The molecule has 5 heteroatoms. The van der Waals surface area contributed by atoms with E-state index < -0.39 is 0 Å². The Balaban J connectivity index is 1.33. The Morgan fingerprint density at radius 1 is 0.964 bits per heavy atom. The van der Waals surface area contributed by atoms with Gasteiger partial charge in [-0.05, 0) is 42.5 Å². The number of hydrogen-bond donors (Lipinski definition) is 1. The number of likely N-dealkylation sites (tertiary alicyclic amines) is 1. The zero-order chi connectivity index (χ0) is 18.8. The van der Waals surface area contributed by atoms with Gasteiger partial charge in [0.25, 0.3) is 0 Å². The van der Waals surface area contributed by atoms with Crippen molar-refractivity contribution in [2.75, 3.05) is 6.54 Å². The highest BCUT2D eigenvalue weighted by molar-refractivity contribution is 5.80. The van der Waals surface area contributed by atoms with E-state index in [-0.39, 0.29) is 0 Å². The third-order valence-electron chi connectivity index (χ3n) is 5.57. The van der Waals surface area contributed by atoms with E-state index in [4.69, 9.17) is 4.42 Å². The number of aromatic amines is 1. The quantitative estimate of drug-likeness (QED) is 0.543. The number of H-pyrrole nitrogens is 1. The van der Waals surface area contributed by atoms with Crippen molar-refractivity contribution in [3.05, 3.63) is 83.7 Å². The molecule has 1 unspecified atom stereocenters. The van der Waals surface area contributed by atoms with Gasteiger partial charge >= 0.3 is 0 Å². The van der Waals surface area contributed by atoms with Gasteiger partial charge in [-0.2, -0.15) is 0 Å². The van der Waals surface area contributed by atoms with Crippen LogP contribution in [0.2, 0.25) is 0 Å². The highest BCUT2D eigenvalue weighted by Gasteiger charge is 2.27. The summed E-state index contributed by atoms with van der Waals surface area (Å²) in [6.45, 7) is 1.75. The van der Waals surface area contributed by atoms with Crippen LogP contribution in [-0.4, -0.2) is 26.6 Å². The maximum Gasteiger partial charge on any atom is 0.230 e. The van der Waals surface area contributed by atoms with Gasteiger partial charge in [-0.3, -0.25) is 4.90 Å². The Morgan fingerprint density at radius 3 is 2.68 bits per heavy atom. The Bertz CT molecular complexity index is 1020. The molecule has 0 saturated carbocycles. The Hall–Kier alpha value is -2.92. The molecular formula is C23H24N4O. The number of piperidine rings is 1. The summed E-state index contributed by atoms with van der Waals surface area (Å²) in [5.74, 6) is 1.38. The standard InChI is InChI=1S/C23H24N4O/c1-2-8-17(9-3-1)14-22-25-26-23(28-22)16-27-13-7-6-12-21(27)20-15-18-10-4-5-11-19(18)24-20/h1-5,8-11,15,21,24H,6-7,12-14,16H2. The lowest BCUT2D eigenvalue weighted by atomic mass is 9.99. The minimum atomic E-state index is 0.366. The Labute approximate surface area is 164 Å². The molecule has 0 amide bonds. The highest BCUT2D eigenvalue weighted by Crippen LogP contribution is 2.33. The van der Waals surface area contributed by atoms with E-state index in [1.807, 2.05) is 18.2 Å². The maximum atomic E-state index is 5.96. The first-order valence-corrected chi connectivity index (χ1v) is 10.0. The van der Waals surface area contributed by atoms with Gasteiger partial charge < -0.3 is 9.40 Å². The average Bonchev–Trinajstić information content (AvgIpc) is 3.36. The Kier molecular flexibility index (Phi) is 4.67. The van der Waals surface area contributed by atoms with Crippen molar-refractivity contribution in [1.82, 2.24) is 20.1 Å². The first kappa shape index (κ1) is 17.2. The largest absolute Gasteiger partial charge is 0.424 e. The van der Waals surface area contributed by atoms with Gasteiger partial charge in [0.1, 0.15) is 0 Å². The molecular weight excluding hydrogens is 348 g/mol. The third kappa shape index (κ3) is 3.58. The molecule has 1 saturated heterocycles. The molecule has 4 aromatic rings. The van der Waals surface area contributed by atoms with Crippen molar-refractivity contribution >= 4 is 10.9 Å². The van der Waals surface area contributed by atoms with Crippen LogP contribution in [0.25, 0.3) is 10.9 Å². The van der Waals surface area contributed by atoms with Crippen molar-refractivity contribution < 1.29 is 4.42 Å². The fraction of sp³-hybridized carbons (Fsp3) is 0.304. The minimum absolute atomic E-state index is 0.366. The fourth-order valence-electron chi connectivity index (χ4n) is 4.18. The lowest BCUT2D eigenvalue weighted by Crippen LogP contribution is -2.33. The maximum absolute atomic E-state index is 5.96. The van der Waals surface area contributed by atoms with Gasteiger partial charge in [0, 0.05) is 11.2 Å². The molecule has 142 valence electrons. The van der Waals surface area contributed by atoms with E-state index in [0.29, 0.717) is 30.8 Å². The molecule has 5 rings (SSSR count). The number of nitrogens with zero attached hydrogens (tertiary/aromatic N) is 3. The van der Waals surface area contributed by atoms with E-state index in [1.54, 1.807) is 0 Å². The highest BCUT2D eigenvalue weighted by atomic mass is 16.4. The molecule has 2 aromatic heterocycles. The van der Waals surface area contributed by atoms with Crippen LogP contribution in [0.15, 0.2) is 65.1 Å². The summed E-state index contributed by atoms with van der Waals surface area (Å²) in [5, 5.41) is 9.84. The molecule has 1 fully saturated rings. The van der Waals surface area contributed by atoms with Crippen molar-refractivity contribution in [3.63, 3.8) is 0 Å². The first-order chi connectivity index (χ1) is 13.8. The SMILES string of the molecule is c1ccc(Cc2nnc(CN3CCCCC3c3cc4ccccc4[nH]3)o2)cc1. The molecule has 0 bridgehead atoms. The minimum Gasteiger partial charge on any atom is -0.424 e. The van der Waals surface area contributed by atoms with Crippen LogP contribution in [0, 0.1) is 0 Å². The molecule has 2 aromatic carbocycles. The van der Waals surface area contributed by atoms with Crippen LogP contribution in [0.5, 0.6) is 0 Å². The van der Waals surface area contributed by atoms with Crippen LogP contribution in [0.1, 0.15) is 48.3 Å². The molecule has 3 heterocycles. The number of fused-ring (bicyclic) bond motifs is 1. The lowest BCUT2D eigenvalue weighted by Gasteiger charge is -2.34. The van der Waals surface area contributed by atoms with Crippen molar-refractivity contribution in [2.45, 2.75) is 38.3 Å². The number of benzene rings is 2. The number of para-hydroxylation sites is 1. The summed E-state index contributed by atoms with van der Waals surface area (Å²) in [7, 11) is 0. The molecule has 0 radical (unpaired) electrons. The molecule has 1 aliphatic rings. The molecule has 1 aliphatic heterocycles. The van der Waals surface area contributed by atoms with E-state index in [0.717, 1.165) is 13.0 Å². The second kappa shape index (κ2) is 7.60. The molecule has 1 N–H and O–H groups in total. The van der Waals surface area contributed by atoms with Crippen LogP contribution < -0.4 is 0 Å². The van der Waals surface area contributed by atoms with Gasteiger partial charge in [-0.25, -0.2) is 0 Å². The summed E-state index contributed by atoms with van der Waals surface area (Å²) in [6, 6.07) is 21.4. The predicted octanol–water partition coefficient (Wildman–Crippen LogP) is 4.87. The van der Waals surface area contributed by atoms with Crippen molar-refractivity contribution in [3.8, 4) is 0 Å². The fourth-order valence-corrected chi connectivity index (χ4v) is 4.18. The van der Waals surface area contributed by atoms with Crippen LogP contribution in [0.4, 0.5) is 0 Å². The summed E-state index contributed by atoms with van der Waals surface area (Å²) < 4.78 is 5.96.